The van der Waals surface area contributed by atoms with Crippen molar-refractivity contribution < 1.29 is 19.3 Å². The molecule has 2 rings (SSSR count). The van der Waals surface area contributed by atoms with Crippen LogP contribution in [0.5, 0.6) is 0 Å². The third-order valence-corrected chi connectivity index (χ3v) is 4.49. The van der Waals surface area contributed by atoms with Crippen molar-refractivity contribution in [1.82, 2.24) is 0 Å². The van der Waals surface area contributed by atoms with E-state index < -0.39 is 0 Å². The average Bonchev–Trinajstić information content (AvgIpc) is 2.39. The molecular weight excluding hydrogens is 347 g/mol. The summed E-state index contributed by atoms with van der Waals surface area (Å²) in [6.07, 6.45) is 5.81. The van der Waals surface area contributed by atoms with Gasteiger partial charge in [-0.25, -0.2) is 0 Å². The molecule has 2 heterocycles. The van der Waals surface area contributed by atoms with Gasteiger partial charge < -0.3 is 19.3 Å². The number of halogens is 1. The van der Waals surface area contributed by atoms with Crippen LogP contribution in [0.4, 0.5) is 0 Å². The van der Waals surface area contributed by atoms with Gasteiger partial charge in [0.05, 0.1) is 24.9 Å². The summed E-state index contributed by atoms with van der Waals surface area (Å²) in [6, 6.07) is 0. The summed E-state index contributed by atoms with van der Waals surface area (Å²) in [5.74, 6) is 0. The van der Waals surface area contributed by atoms with E-state index in [0.717, 1.165) is 43.1 Å². The van der Waals surface area contributed by atoms with Crippen LogP contribution in [0, 0.1) is 0 Å². The predicted molar refractivity (Wildman–Crippen MR) is 76.9 cm³/mol. The lowest BCUT2D eigenvalue weighted by molar-refractivity contribution is -0.171. The van der Waals surface area contributed by atoms with E-state index in [0.29, 0.717) is 6.61 Å². The van der Waals surface area contributed by atoms with Gasteiger partial charge in [-0.2, -0.15) is 0 Å². The molecule has 0 amide bonds. The van der Waals surface area contributed by atoms with Crippen LogP contribution >= 0.6 is 22.6 Å². The number of alkyl halides is 1. The third-order valence-electron chi connectivity index (χ3n) is 3.51. The molecule has 106 valence electrons. The molecule has 0 saturated carbocycles. The first-order chi connectivity index (χ1) is 8.78. The van der Waals surface area contributed by atoms with Crippen LogP contribution in [0.25, 0.3) is 0 Å². The first-order valence-electron chi connectivity index (χ1n) is 6.90. The quantitative estimate of drug-likeness (QED) is 0.596. The number of aliphatic hydroxyl groups excluding tert-OH is 1. The zero-order chi connectivity index (χ0) is 12.8. The molecule has 2 aliphatic rings. The molecule has 4 nitrogen and oxygen atoms in total. The van der Waals surface area contributed by atoms with Crippen LogP contribution in [0.1, 0.15) is 38.5 Å². The van der Waals surface area contributed by atoms with Gasteiger partial charge in [0.1, 0.15) is 0 Å². The molecule has 2 aliphatic heterocycles. The summed E-state index contributed by atoms with van der Waals surface area (Å²) in [7, 11) is 0. The lowest BCUT2D eigenvalue weighted by atomic mass is 10.0. The van der Waals surface area contributed by atoms with Crippen LogP contribution in [-0.4, -0.2) is 47.3 Å². The molecule has 2 fully saturated rings. The summed E-state index contributed by atoms with van der Waals surface area (Å²) >= 11 is 2.31. The Bertz CT molecular complexity index is 233. The predicted octanol–water partition coefficient (Wildman–Crippen LogP) is 2.26. The average molecular weight is 370 g/mol. The van der Waals surface area contributed by atoms with E-state index in [2.05, 4.69) is 22.6 Å². The van der Waals surface area contributed by atoms with Crippen molar-refractivity contribution in [3.8, 4) is 0 Å². The van der Waals surface area contributed by atoms with Crippen LogP contribution in [0.2, 0.25) is 0 Å². The maximum Gasteiger partial charge on any atom is 0.157 e. The van der Waals surface area contributed by atoms with Crippen molar-refractivity contribution in [1.29, 1.82) is 0 Å². The fourth-order valence-corrected chi connectivity index (χ4v) is 3.11. The van der Waals surface area contributed by atoms with Crippen molar-refractivity contribution in [2.75, 3.05) is 17.6 Å². The van der Waals surface area contributed by atoms with Gasteiger partial charge in [-0.3, -0.25) is 0 Å². The number of rotatable bonds is 5. The minimum atomic E-state index is -0.213. The highest BCUT2D eigenvalue weighted by molar-refractivity contribution is 14.1. The molecule has 1 unspecified atom stereocenters. The minimum absolute atomic E-state index is 0.0207. The summed E-state index contributed by atoms with van der Waals surface area (Å²) in [5, 5.41) is 9.78. The molecule has 0 aliphatic carbocycles. The zero-order valence-corrected chi connectivity index (χ0v) is 12.9. The van der Waals surface area contributed by atoms with Gasteiger partial charge in [0, 0.05) is 17.5 Å². The molecule has 0 aromatic carbocycles. The van der Waals surface area contributed by atoms with Gasteiger partial charge in [-0.1, -0.05) is 22.6 Å². The Kier molecular flexibility index (Phi) is 6.65. The normalized spacial score (nSPS) is 37.7. The maximum atomic E-state index is 9.78. The summed E-state index contributed by atoms with van der Waals surface area (Å²) in [6.45, 7) is 1.48. The van der Waals surface area contributed by atoms with E-state index in [1.807, 2.05) is 0 Å². The molecule has 0 bridgehead atoms. The van der Waals surface area contributed by atoms with Crippen molar-refractivity contribution in [3.05, 3.63) is 0 Å². The third kappa shape index (κ3) is 4.92. The molecule has 0 aromatic heterocycles. The lowest BCUT2D eigenvalue weighted by Gasteiger charge is -2.32. The maximum absolute atomic E-state index is 9.78. The summed E-state index contributed by atoms with van der Waals surface area (Å²) in [4.78, 5) is 0. The molecule has 0 spiro atoms. The smallest absolute Gasteiger partial charge is 0.157 e. The van der Waals surface area contributed by atoms with Crippen molar-refractivity contribution >= 4 is 22.6 Å². The van der Waals surface area contributed by atoms with Crippen LogP contribution < -0.4 is 0 Å². The molecule has 4 atom stereocenters. The topological polar surface area (TPSA) is 47.9 Å². The van der Waals surface area contributed by atoms with E-state index in [-0.39, 0.29) is 24.6 Å². The second kappa shape index (κ2) is 7.99. The largest absolute Gasteiger partial charge is 0.393 e. The van der Waals surface area contributed by atoms with Crippen molar-refractivity contribution in [2.45, 2.75) is 63.1 Å². The molecule has 1 N–H and O–H groups in total. The molecular formula is C13H23IO4. The minimum Gasteiger partial charge on any atom is -0.393 e. The number of ether oxygens (including phenoxy) is 3. The Hall–Kier alpha value is 0.570. The Morgan fingerprint density at radius 3 is 2.78 bits per heavy atom. The Balaban J connectivity index is 1.63. The second-order valence-electron chi connectivity index (χ2n) is 5.12. The van der Waals surface area contributed by atoms with Gasteiger partial charge >= 0.3 is 0 Å². The van der Waals surface area contributed by atoms with E-state index in [1.54, 1.807) is 0 Å². The van der Waals surface area contributed by atoms with E-state index >= 15 is 0 Å². The number of hydrogen-bond acceptors (Lipinski definition) is 4. The van der Waals surface area contributed by atoms with Gasteiger partial charge in [0.25, 0.3) is 0 Å². The van der Waals surface area contributed by atoms with Crippen LogP contribution in [0.15, 0.2) is 0 Å². The zero-order valence-electron chi connectivity index (χ0n) is 10.7. The van der Waals surface area contributed by atoms with Gasteiger partial charge in [-0.15, -0.1) is 0 Å². The molecule has 0 radical (unpaired) electrons. The number of aliphatic hydroxyl groups is 1. The van der Waals surface area contributed by atoms with E-state index in [1.165, 1.54) is 6.42 Å². The van der Waals surface area contributed by atoms with Gasteiger partial charge in [0.2, 0.25) is 0 Å². The first-order valence-corrected chi connectivity index (χ1v) is 8.43. The highest BCUT2D eigenvalue weighted by atomic mass is 127. The molecule has 18 heavy (non-hydrogen) atoms. The number of hydrogen-bond donors (Lipinski definition) is 1. The fourth-order valence-electron chi connectivity index (χ4n) is 2.55. The SMILES string of the molecule is O[C@H]1C[C@@H](CI)O[C@@H](CCOC2CCCCO2)C1. The standard InChI is InChI=1S/C13H23IO4/c14-9-12-8-10(15)7-11(18-12)4-6-17-13-3-1-2-5-16-13/h10-13,15H,1-9H2/t10-,11+,12+,13?/m1/s1. The Labute approximate surface area is 123 Å². The monoisotopic (exact) mass is 370 g/mol. The van der Waals surface area contributed by atoms with Gasteiger partial charge in [0.15, 0.2) is 6.29 Å². The molecule has 0 aromatic rings. The summed E-state index contributed by atoms with van der Waals surface area (Å²) in [5.41, 5.74) is 0. The Morgan fingerprint density at radius 1 is 1.22 bits per heavy atom. The van der Waals surface area contributed by atoms with Crippen molar-refractivity contribution in [2.24, 2.45) is 0 Å². The lowest BCUT2D eigenvalue weighted by Crippen LogP contribution is -2.37. The first kappa shape index (κ1) is 15.0. The van der Waals surface area contributed by atoms with E-state index in [9.17, 15) is 5.11 Å². The second-order valence-corrected chi connectivity index (χ2v) is 6.00. The fraction of sp³-hybridized carbons (Fsp3) is 1.00. The molecule has 5 heteroatoms. The van der Waals surface area contributed by atoms with Gasteiger partial charge in [-0.05, 0) is 32.1 Å². The van der Waals surface area contributed by atoms with Crippen molar-refractivity contribution in [3.63, 3.8) is 0 Å². The molecule has 2 saturated heterocycles. The van der Waals surface area contributed by atoms with Crippen LogP contribution in [0.3, 0.4) is 0 Å². The van der Waals surface area contributed by atoms with E-state index in [4.69, 9.17) is 14.2 Å². The van der Waals surface area contributed by atoms with Crippen LogP contribution in [-0.2, 0) is 14.2 Å². The Morgan fingerprint density at radius 2 is 2.06 bits per heavy atom. The highest BCUT2D eigenvalue weighted by Gasteiger charge is 2.27. The highest BCUT2D eigenvalue weighted by Crippen LogP contribution is 2.23. The summed E-state index contributed by atoms with van der Waals surface area (Å²) < 4.78 is 18.1.